The highest BCUT2D eigenvalue weighted by Gasteiger charge is 2.37. The molecule has 1 heterocycles. The third-order valence-electron chi connectivity index (χ3n) is 5.66. The number of rotatable bonds is 8. The van der Waals surface area contributed by atoms with Gasteiger partial charge in [0.05, 0.1) is 25.8 Å². The Labute approximate surface area is 185 Å². The summed E-state index contributed by atoms with van der Waals surface area (Å²) in [4.78, 5) is 14.5. The maximum absolute atomic E-state index is 13.0. The van der Waals surface area contributed by atoms with Crippen molar-refractivity contribution >= 4 is 5.91 Å². The number of amides is 1. The fraction of sp³-hybridized carbons (Fsp3) is 0.435. The monoisotopic (exact) mass is 451 g/mol. The number of carbonyl (C=O) groups is 1. The van der Waals surface area contributed by atoms with E-state index in [0.29, 0.717) is 36.6 Å². The van der Waals surface area contributed by atoms with Crippen LogP contribution in [0, 0.1) is 0 Å². The highest BCUT2D eigenvalue weighted by Crippen LogP contribution is 2.33. The average Bonchev–Trinajstić information content (AvgIpc) is 3.19. The van der Waals surface area contributed by atoms with Crippen LogP contribution in [-0.2, 0) is 24.1 Å². The van der Waals surface area contributed by atoms with Gasteiger partial charge in [0.15, 0.2) is 11.5 Å². The normalized spacial score (nSPS) is 19.1. The second-order valence-electron chi connectivity index (χ2n) is 7.72. The Bertz CT molecular complexity index is 936. The molecule has 9 heteroatoms. The summed E-state index contributed by atoms with van der Waals surface area (Å²) < 4.78 is 49.8. The van der Waals surface area contributed by atoms with Crippen LogP contribution in [0.2, 0.25) is 0 Å². The summed E-state index contributed by atoms with van der Waals surface area (Å²) >= 11 is 0. The molecule has 0 bridgehead atoms. The first kappa shape index (κ1) is 23.9. The van der Waals surface area contributed by atoms with Crippen molar-refractivity contribution in [3.8, 4) is 11.5 Å². The Morgan fingerprint density at radius 2 is 1.91 bits per heavy atom. The van der Waals surface area contributed by atoms with Gasteiger partial charge in [-0.05, 0) is 24.1 Å². The highest BCUT2D eigenvalue weighted by atomic mass is 19.4. The quantitative estimate of drug-likeness (QED) is 0.646. The molecule has 2 aromatic rings. The first-order valence-corrected chi connectivity index (χ1v) is 10.3. The second kappa shape index (κ2) is 10.2. The van der Waals surface area contributed by atoms with Crippen LogP contribution in [0.3, 0.4) is 0 Å². The summed E-state index contributed by atoms with van der Waals surface area (Å²) in [7, 11) is 4.73. The standard InChI is InChI=1S/C23H28F3N3O3/c1-27-22(30)19-11-18(28-12-15-6-4-8-17(10-15)23(24,25)26)14-29(19)13-16-7-5-9-20(31-2)21(16)32-3/h4-10,18-19,28H,11-14H2,1-3H3,(H,27,30)/t18-,19+/m1/s1. The van der Waals surface area contributed by atoms with Gasteiger partial charge >= 0.3 is 6.18 Å². The molecule has 0 aliphatic carbocycles. The average molecular weight is 451 g/mol. The molecule has 1 saturated heterocycles. The summed E-state index contributed by atoms with van der Waals surface area (Å²) in [6, 6.07) is 10.5. The minimum absolute atomic E-state index is 0.0524. The molecule has 3 rings (SSSR count). The third kappa shape index (κ3) is 5.52. The van der Waals surface area contributed by atoms with Gasteiger partial charge in [0.1, 0.15) is 0 Å². The van der Waals surface area contributed by atoms with Gasteiger partial charge < -0.3 is 20.1 Å². The molecule has 2 atom stereocenters. The zero-order valence-corrected chi connectivity index (χ0v) is 18.3. The van der Waals surface area contributed by atoms with Gasteiger partial charge in [-0.2, -0.15) is 13.2 Å². The number of hydrogen-bond donors (Lipinski definition) is 2. The lowest BCUT2D eigenvalue weighted by atomic mass is 10.1. The van der Waals surface area contributed by atoms with Gasteiger partial charge in [-0.15, -0.1) is 0 Å². The van der Waals surface area contributed by atoms with Crippen LogP contribution in [0.4, 0.5) is 13.2 Å². The summed E-state index contributed by atoms with van der Waals surface area (Å²) in [6.07, 6.45) is -3.83. The summed E-state index contributed by atoms with van der Waals surface area (Å²) in [6.45, 7) is 1.32. The first-order valence-electron chi connectivity index (χ1n) is 10.3. The minimum Gasteiger partial charge on any atom is -0.493 e. The zero-order valence-electron chi connectivity index (χ0n) is 18.3. The van der Waals surface area contributed by atoms with Crippen molar-refractivity contribution in [2.24, 2.45) is 0 Å². The van der Waals surface area contributed by atoms with Crippen molar-refractivity contribution in [2.75, 3.05) is 27.8 Å². The van der Waals surface area contributed by atoms with Crippen LogP contribution in [-0.4, -0.2) is 50.7 Å². The van der Waals surface area contributed by atoms with Crippen molar-refractivity contribution in [2.45, 2.75) is 37.8 Å². The Morgan fingerprint density at radius 1 is 1.16 bits per heavy atom. The van der Waals surface area contributed by atoms with E-state index in [0.717, 1.165) is 17.7 Å². The Kier molecular flexibility index (Phi) is 7.63. The largest absolute Gasteiger partial charge is 0.493 e. The van der Waals surface area contributed by atoms with E-state index in [-0.39, 0.29) is 24.5 Å². The molecule has 0 saturated carbocycles. The van der Waals surface area contributed by atoms with Crippen molar-refractivity contribution in [1.82, 2.24) is 15.5 Å². The number of nitrogens with zero attached hydrogens (tertiary/aromatic N) is 1. The van der Waals surface area contributed by atoms with E-state index in [1.807, 2.05) is 23.1 Å². The fourth-order valence-electron chi connectivity index (χ4n) is 4.08. The lowest BCUT2D eigenvalue weighted by Crippen LogP contribution is -2.41. The molecule has 0 spiro atoms. The molecule has 0 unspecified atom stereocenters. The maximum Gasteiger partial charge on any atom is 0.416 e. The number of hydrogen-bond acceptors (Lipinski definition) is 5. The van der Waals surface area contributed by atoms with Crippen LogP contribution < -0.4 is 20.1 Å². The number of ether oxygens (including phenoxy) is 2. The molecular formula is C23H28F3N3O3. The van der Waals surface area contributed by atoms with E-state index >= 15 is 0 Å². The number of halogens is 3. The molecule has 174 valence electrons. The van der Waals surface area contributed by atoms with Crippen LogP contribution in [0.5, 0.6) is 11.5 Å². The molecule has 0 aromatic heterocycles. The topological polar surface area (TPSA) is 62.8 Å². The van der Waals surface area contributed by atoms with Gasteiger partial charge in [-0.3, -0.25) is 9.69 Å². The summed E-state index contributed by atoms with van der Waals surface area (Å²) in [5, 5.41) is 6.01. The molecular weight excluding hydrogens is 423 g/mol. The number of likely N-dealkylation sites (N-methyl/N-ethyl adjacent to an activating group) is 1. The Morgan fingerprint density at radius 3 is 2.56 bits per heavy atom. The smallest absolute Gasteiger partial charge is 0.416 e. The molecule has 1 aliphatic heterocycles. The number of benzene rings is 2. The molecule has 32 heavy (non-hydrogen) atoms. The molecule has 6 nitrogen and oxygen atoms in total. The van der Waals surface area contributed by atoms with Crippen molar-refractivity contribution in [3.05, 3.63) is 59.2 Å². The Balaban J connectivity index is 1.72. The van der Waals surface area contributed by atoms with Crippen molar-refractivity contribution in [1.29, 1.82) is 0 Å². The first-order chi connectivity index (χ1) is 15.3. The van der Waals surface area contributed by atoms with Gasteiger partial charge in [0, 0.05) is 38.3 Å². The van der Waals surface area contributed by atoms with Crippen LogP contribution in [0.1, 0.15) is 23.1 Å². The van der Waals surface area contributed by atoms with Gasteiger partial charge in [-0.1, -0.05) is 30.3 Å². The SMILES string of the molecule is CNC(=O)[C@@H]1C[C@@H](NCc2cccc(C(F)(F)F)c2)CN1Cc1cccc(OC)c1OC. The minimum atomic E-state index is -4.37. The van der Waals surface area contributed by atoms with Crippen LogP contribution in [0.15, 0.2) is 42.5 Å². The number of likely N-dealkylation sites (tertiary alicyclic amines) is 1. The van der Waals surface area contributed by atoms with Gasteiger partial charge in [0.2, 0.25) is 5.91 Å². The van der Waals surface area contributed by atoms with E-state index < -0.39 is 11.7 Å². The van der Waals surface area contributed by atoms with E-state index in [1.165, 1.54) is 6.07 Å². The van der Waals surface area contributed by atoms with Gasteiger partial charge in [0.25, 0.3) is 0 Å². The molecule has 0 radical (unpaired) electrons. The van der Waals surface area contributed by atoms with Crippen molar-refractivity contribution < 1.29 is 27.4 Å². The molecule has 2 aromatic carbocycles. The zero-order chi connectivity index (χ0) is 23.3. The molecule has 2 N–H and O–H groups in total. The van der Waals surface area contributed by atoms with Crippen LogP contribution in [0.25, 0.3) is 0 Å². The summed E-state index contributed by atoms with van der Waals surface area (Å²) in [5.41, 5.74) is 0.765. The predicted octanol–water partition coefficient (Wildman–Crippen LogP) is 3.20. The van der Waals surface area contributed by atoms with Crippen LogP contribution >= 0.6 is 0 Å². The van der Waals surface area contributed by atoms with E-state index in [1.54, 1.807) is 27.3 Å². The Hall–Kier alpha value is -2.78. The lowest BCUT2D eigenvalue weighted by molar-refractivity contribution is -0.137. The summed E-state index contributed by atoms with van der Waals surface area (Å²) in [5.74, 6) is 1.13. The number of carbonyl (C=O) groups excluding carboxylic acids is 1. The van der Waals surface area contributed by atoms with E-state index in [2.05, 4.69) is 10.6 Å². The second-order valence-corrected chi connectivity index (χ2v) is 7.72. The van der Waals surface area contributed by atoms with Gasteiger partial charge in [-0.25, -0.2) is 0 Å². The third-order valence-corrected chi connectivity index (χ3v) is 5.66. The maximum atomic E-state index is 13.0. The lowest BCUT2D eigenvalue weighted by Gasteiger charge is -2.24. The number of alkyl halides is 3. The molecule has 1 aliphatic rings. The predicted molar refractivity (Wildman–Crippen MR) is 114 cm³/mol. The highest BCUT2D eigenvalue weighted by molar-refractivity contribution is 5.81. The molecule has 1 fully saturated rings. The number of nitrogens with one attached hydrogen (secondary N) is 2. The number of para-hydroxylation sites is 1. The van der Waals surface area contributed by atoms with E-state index in [4.69, 9.17) is 9.47 Å². The van der Waals surface area contributed by atoms with E-state index in [9.17, 15) is 18.0 Å². The fourth-order valence-corrected chi connectivity index (χ4v) is 4.08. The number of methoxy groups -OCH3 is 2. The molecule has 1 amide bonds. The van der Waals surface area contributed by atoms with Crippen molar-refractivity contribution in [3.63, 3.8) is 0 Å².